The minimum absolute atomic E-state index is 0.0211. The fourth-order valence-electron chi connectivity index (χ4n) is 4.65. The molecule has 8 nitrogen and oxygen atoms in total. The van der Waals surface area contributed by atoms with Crippen LogP contribution in [0.3, 0.4) is 0 Å². The summed E-state index contributed by atoms with van der Waals surface area (Å²) in [4.78, 5) is 33.2. The molecule has 0 aliphatic carbocycles. The number of ether oxygens (including phenoxy) is 3. The second-order valence-corrected chi connectivity index (χ2v) is 10.2. The molecule has 40 heavy (non-hydrogen) atoms. The molecule has 1 N–H and O–H groups in total. The van der Waals surface area contributed by atoms with Crippen molar-refractivity contribution in [1.29, 1.82) is 0 Å². The highest BCUT2D eigenvalue weighted by atomic mass is 32.1. The number of fused-ring (bicyclic) bond motifs is 1. The number of Topliss-reactive ketones (excluding diaryl/α,β-unsaturated/α-hetero) is 1. The number of thiazole rings is 1. The number of hydrogen-bond acceptors (Lipinski definition) is 8. The van der Waals surface area contributed by atoms with E-state index >= 15 is 0 Å². The topological polar surface area (TPSA) is 98.2 Å². The van der Waals surface area contributed by atoms with Crippen LogP contribution >= 0.6 is 11.3 Å². The van der Waals surface area contributed by atoms with Crippen molar-refractivity contribution >= 4 is 44.1 Å². The summed E-state index contributed by atoms with van der Waals surface area (Å²) in [5, 5.41) is 11.7. The fraction of sp³-hybridized carbons (Fsp3) is 0.258. The first-order chi connectivity index (χ1) is 19.5. The molecule has 1 aliphatic rings. The number of methoxy groups -OCH3 is 1. The van der Waals surface area contributed by atoms with Gasteiger partial charge in [-0.25, -0.2) is 4.98 Å². The van der Waals surface area contributed by atoms with Crippen molar-refractivity contribution in [2.45, 2.75) is 32.7 Å². The van der Waals surface area contributed by atoms with E-state index in [1.807, 2.05) is 31.2 Å². The fourth-order valence-corrected chi connectivity index (χ4v) is 5.67. The van der Waals surface area contributed by atoms with Gasteiger partial charge in [-0.15, -0.1) is 0 Å². The molecule has 4 aromatic rings. The zero-order valence-corrected chi connectivity index (χ0v) is 23.4. The molecule has 1 aliphatic heterocycles. The first-order valence-corrected chi connectivity index (χ1v) is 14.0. The highest BCUT2D eigenvalue weighted by molar-refractivity contribution is 7.22. The third-order valence-corrected chi connectivity index (χ3v) is 7.63. The first kappa shape index (κ1) is 27.2. The summed E-state index contributed by atoms with van der Waals surface area (Å²) in [6, 6.07) is 18.6. The van der Waals surface area contributed by atoms with Crippen LogP contribution in [0.5, 0.6) is 17.2 Å². The van der Waals surface area contributed by atoms with Crippen LogP contribution in [-0.2, 0) is 9.59 Å². The van der Waals surface area contributed by atoms with Crippen LogP contribution in [-0.4, -0.2) is 42.1 Å². The molecule has 1 atom stereocenters. The molecule has 9 heteroatoms. The average Bonchev–Trinajstić information content (AvgIpc) is 3.51. The van der Waals surface area contributed by atoms with Gasteiger partial charge in [0.25, 0.3) is 5.78 Å². The highest BCUT2D eigenvalue weighted by Gasteiger charge is 2.48. The largest absolute Gasteiger partial charge is 0.507 e. The number of hydrogen-bond donors (Lipinski definition) is 1. The number of carbonyl (C=O) groups is 2. The standard InChI is InChI=1S/C31H30N2O6S/c1-4-6-16-39-23-15-12-20(17-24(23)37-3)27-26(28(34)19-10-8-7-9-11-19)29(35)30(36)33(27)31-32-22-14-13-21(38-5-2)18-25(22)40-31/h7-15,17-18,27,34H,4-6,16H2,1-3H3/b28-26+. The van der Waals surface area contributed by atoms with Crippen LogP contribution in [0.2, 0.25) is 0 Å². The number of nitrogens with zero attached hydrogens (tertiary/aromatic N) is 2. The van der Waals surface area contributed by atoms with E-state index in [1.165, 1.54) is 23.3 Å². The predicted molar refractivity (Wildman–Crippen MR) is 155 cm³/mol. The number of carbonyl (C=O) groups excluding carboxylic acids is 2. The van der Waals surface area contributed by atoms with E-state index in [9.17, 15) is 14.7 Å². The Balaban J connectivity index is 1.66. The van der Waals surface area contributed by atoms with Crippen LogP contribution in [0.4, 0.5) is 5.13 Å². The van der Waals surface area contributed by atoms with E-state index < -0.39 is 17.7 Å². The normalized spacial score (nSPS) is 16.5. The van der Waals surface area contributed by atoms with Crippen molar-refractivity contribution in [3.63, 3.8) is 0 Å². The lowest BCUT2D eigenvalue weighted by atomic mass is 9.95. The zero-order valence-electron chi connectivity index (χ0n) is 22.5. The molecule has 206 valence electrons. The number of amides is 1. The molecule has 0 spiro atoms. The van der Waals surface area contributed by atoms with E-state index in [0.717, 1.165) is 17.5 Å². The van der Waals surface area contributed by atoms with Gasteiger partial charge in [-0.3, -0.25) is 14.5 Å². The van der Waals surface area contributed by atoms with Crippen molar-refractivity contribution < 1.29 is 28.9 Å². The summed E-state index contributed by atoms with van der Waals surface area (Å²) in [6.07, 6.45) is 1.88. The van der Waals surface area contributed by atoms with Gasteiger partial charge in [0.2, 0.25) is 0 Å². The van der Waals surface area contributed by atoms with Crippen molar-refractivity contribution in [1.82, 2.24) is 4.98 Å². The molecule has 1 saturated heterocycles. The number of rotatable bonds is 10. The summed E-state index contributed by atoms with van der Waals surface area (Å²) >= 11 is 1.28. The monoisotopic (exact) mass is 558 g/mol. The number of anilines is 1. The minimum Gasteiger partial charge on any atom is -0.507 e. The second-order valence-electron chi connectivity index (χ2n) is 9.21. The molecule has 1 fully saturated rings. The first-order valence-electron chi connectivity index (χ1n) is 13.2. The van der Waals surface area contributed by atoms with E-state index in [-0.39, 0.29) is 11.3 Å². The van der Waals surface area contributed by atoms with Gasteiger partial charge in [-0.1, -0.05) is 61.1 Å². The van der Waals surface area contributed by atoms with Crippen molar-refractivity contribution in [3.05, 3.63) is 83.4 Å². The van der Waals surface area contributed by atoms with Crippen molar-refractivity contribution in [3.8, 4) is 17.2 Å². The number of aromatic nitrogens is 1. The Bertz CT molecular complexity index is 1580. The van der Waals surface area contributed by atoms with Crippen molar-refractivity contribution in [2.75, 3.05) is 25.2 Å². The Kier molecular flexibility index (Phi) is 8.02. The molecule has 0 bridgehead atoms. The summed E-state index contributed by atoms with van der Waals surface area (Å²) < 4.78 is 17.9. The molecule has 1 amide bonds. The maximum Gasteiger partial charge on any atom is 0.301 e. The SMILES string of the molecule is CCCCOc1ccc(C2/C(=C(\O)c3ccccc3)C(=O)C(=O)N2c2nc3ccc(OCC)cc3s2)cc1OC. The highest BCUT2D eigenvalue weighted by Crippen LogP contribution is 2.46. The van der Waals surface area contributed by atoms with Crippen molar-refractivity contribution in [2.24, 2.45) is 0 Å². The maximum absolute atomic E-state index is 13.6. The van der Waals surface area contributed by atoms with Crippen LogP contribution in [0.15, 0.2) is 72.3 Å². The van der Waals surface area contributed by atoms with Crippen LogP contribution in [0, 0.1) is 0 Å². The van der Waals surface area contributed by atoms with Gasteiger partial charge in [0.15, 0.2) is 16.6 Å². The summed E-state index contributed by atoms with van der Waals surface area (Å²) in [6.45, 7) is 5.04. The van der Waals surface area contributed by atoms with Gasteiger partial charge < -0.3 is 19.3 Å². The van der Waals surface area contributed by atoms with Gasteiger partial charge in [0.05, 0.1) is 42.2 Å². The van der Waals surface area contributed by atoms with E-state index in [4.69, 9.17) is 14.2 Å². The quantitative estimate of drug-likeness (QED) is 0.103. The number of aliphatic hydroxyl groups excluding tert-OH is 1. The van der Waals surface area contributed by atoms with E-state index in [0.29, 0.717) is 52.2 Å². The van der Waals surface area contributed by atoms with Gasteiger partial charge in [-0.2, -0.15) is 0 Å². The predicted octanol–water partition coefficient (Wildman–Crippen LogP) is 6.51. The van der Waals surface area contributed by atoms with E-state index in [2.05, 4.69) is 11.9 Å². The van der Waals surface area contributed by atoms with Gasteiger partial charge in [-0.05, 0) is 49.2 Å². The molecule has 0 saturated carbocycles. The Morgan fingerprint density at radius 1 is 1.00 bits per heavy atom. The summed E-state index contributed by atoms with van der Waals surface area (Å²) in [5.74, 6) is -0.103. The summed E-state index contributed by atoms with van der Waals surface area (Å²) in [7, 11) is 1.54. The lowest BCUT2D eigenvalue weighted by Gasteiger charge is -2.24. The number of aliphatic hydroxyl groups is 1. The molecule has 1 aromatic heterocycles. The third-order valence-electron chi connectivity index (χ3n) is 6.62. The zero-order chi connectivity index (χ0) is 28.2. The molecular weight excluding hydrogens is 528 g/mol. The molecule has 5 rings (SSSR count). The Labute approximate surface area is 236 Å². The Hall–Kier alpha value is -4.37. The van der Waals surface area contributed by atoms with E-state index in [1.54, 1.807) is 42.5 Å². The Morgan fingerprint density at radius 2 is 1.80 bits per heavy atom. The lowest BCUT2D eigenvalue weighted by molar-refractivity contribution is -0.132. The summed E-state index contributed by atoms with van der Waals surface area (Å²) in [5.41, 5.74) is 1.66. The van der Waals surface area contributed by atoms with Gasteiger partial charge in [0.1, 0.15) is 11.5 Å². The third kappa shape index (κ3) is 5.12. The van der Waals surface area contributed by atoms with Gasteiger partial charge >= 0.3 is 5.91 Å². The lowest BCUT2D eigenvalue weighted by Crippen LogP contribution is -2.29. The average molecular weight is 559 g/mol. The van der Waals surface area contributed by atoms with Crippen LogP contribution in [0.1, 0.15) is 43.9 Å². The van der Waals surface area contributed by atoms with Crippen LogP contribution in [0.25, 0.3) is 16.0 Å². The van der Waals surface area contributed by atoms with Crippen LogP contribution < -0.4 is 19.1 Å². The number of unbranched alkanes of at least 4 members (excludes halogenated alkanes) is 1. The molecule has 2 heterocycles. The van der Waals surface area contributed by atoms with Gasteiger partial charge in [0, 0.05) is 5.56 Å². The molecule has 3 aromatic carbocycles. The molecule has 0 radical (unpaired) electrons. The molecular formula is C31H30N2O6S. The second kappa shape index (κ2) is 11.8. The minimum atomic E-state index is -0.939. The smallest absolute Gasteiger partial charge is 0.301 e. The maximum atomic E-state index is 13.6. The number of ketones is 1. The number of benzene rings is 3. The molecule has 1 unspecified atom stereocenters. The Morgan fingerprint density at radius 3 is 2.52 bits per heavy atom.